The Morgan fingerprint density at radius 2 is 1.59 bits per heavy atom. The van der Waals surface area contributed by atoms with Gasteiger partial charge in [0.05, 0.1) is 5.92 Å². The molecule has 3 aromatic rings. The lowest BCUT2D eigenvalue weighted by atomic mass is 9.95. The Morgan fingerprint density at radius 3 is 2.32 bits per heavy atom. The smallest absolute Gasteiger partial charge is 0.254 e. The van der Waals surface area contributed by atoms with Crippen molar-refractivity contribution in [2.45, 2.75) is 33.1 Å². The number of amides is 3. The van der Waals surface area contributed by atoms with E-state index in [0.717, 1.165) is 23.6 Å². The van der Waals surface area contributed by atoms with E-state index in [2.05, 4.69) is 10.6 Å². The van der Waals surface area contributed by atoms with Crippen LogP contribution in [0.25, 0.3) is 10.8 Å². The lowest BCUT2D eigenvalue weighted by Crippen LogP contribution is -2.43. The molecule has 176 valence electrons. The lowest BCUT2D eigenvalue weighted by molar-refractivity contribution is -0.121. The van der Waals surface area contributed by atoms with E-state index in [0.29, 0.717) is 42.4 Å². The molecule has 3 aromatic carbocycles. The van der Waals surface area contributed by atoms with Crippen molar-refractivity contribution in [3.63, 3.8) is 0 Å². The highest BCUT2D eigenvalue weighted by Crippen LogP contribution is 2.25. The Labute approximate surface area is 200 Å². The van der Waals surface area contributed by atoms with E-state index in [1.54, 1.807) is 29.2 Å². The van der Waals surface area contributed by atoms with E-state index in [-0.39, 0.29) is 23.6 Å². The van der Waals surface area contributed by atoms with E-state index in [1.165, 1.54) is 0 Å². The molecule has 6 nitrogen and oxygen atoms in total. The molecule has 3 amide bonds. The molecule has 0 bridgehead atoms. The third-order valence-corrected chi connectivity index (χ3v) is 6.13. The van der Waals surface area contributed by atoms with Crippen LogP contribution in [-0.4, -0.2) is 35.7 Å². The van der Waals surface area contributed by atoms with Gasteiger partial charge in [0, 0.05) is 36.4 Å². The van der Waals surface area contributed by atoms with Crippen LogP contribution in [0.3, 0.4) is 0 Å². The average molecular weight is 458 g/mol. The molecule has 6 heteroatoms. The Bertz CT molecular complexity index is 1180. The number of anilines is 2. The monoisotopic (exact) mass is 457 g/mol. The molecule has 4 rings (SSSR count). The first-order valence-electron chi connectivity index (χ1n) is 11.9. The zero-order valence-corrected chi connectivity index (χ0v) is 19.7. The maximum atomic E-state index is 13.3. The number of nitrogens with zero attached hydrogens (tertiary/aromatic N) is 1. The maximum Gasteiger partial charge on any atom is 0.254 e. The molecule has 1 unspecified atom stereocenters. The van der Waals surface area contributed by atoms with Crippen molar-refractivity contribution in [1.29, 1.82) is 0 Å². The largest absolute Gasteiger partial charge is 0.338 e. The first-order chi connectivity index (χ1) is 16.4. The topological polar surface area (TPSA) is 78.5 Å². The van der Waals surface area contributed by atoms with Gasteiger partial charge in [0.1, 0.15) is 0 Å². The summed E-state index contributed by atoms with van der Waals surface area (Å²) in [5, 5.41) is 7.80. The van der Waals surface area contributed by atoms with E-state index < -0.39 is 0 Å². The Balaban J connectivity index is 1.38. The van der Waals surface area contributed by atoms with Gasteiger partial charge in [-0.15, -0.1) is 0 Å². The van der Waals surface area contributed by atoms with Crippen LogP contribution in [0, 0.1) is 11.8 Å². The van der Waals surface area contributed by atoms with Gasteiger partial charge < -0.3 is 15.5 Å². The van der Waals surface area contributed by atoms with Gasteiger partial charge in [0.15, 0.2) is 0 Å². The van der Waals surface area contributed by atoms with E-state index in [9.17, 15) is 14.4 Å². The second-order valence-electron chi connectivity index (χ2n) is 9.33. The van der Waals surface area contributed by atoms with Crippen molar-refractivity contribution >= 4 is 39.9 Å². The average Bonchev–Trinajstić information content (AvgIpc) is 2.84. The van der Waals surface area contributed by atoms with Crippen molar-refractivity contribution in [3.05, 3.63) is 72.3 Å². The molecule has 0 aliphatic carbocycles. The highest BCUT2D eigenvalue weighted by Gasteiger charge is 2.29. The summed E-state index contributed by atoms with van der Waals surface area (Å²) in [5.74, 6) is -0.119. The number of hydrogen-bond acceptors (Lipinski definition) is 3. The van der Waals surface area contributed by atoms with Crippen LogP contribution in [0.2, 0.25) is 0 Å². The first-order valence-corrected chi connectivity index (χ1v) is 11.9. The van der Waals surface area contributed by atoms with Crippen LogP contribution in [0.15, 0.2) is 66.7 Å². The standard InChI is InChI=1S/C28H31N3O3/c1-19(2)17-26(32)29-22-12-14-23(15-13-22)30-27(33)21-9-6-16-31(18-21)28(34)25-11-5-8-20-7-3-4-10-24(20)25/h3-5,7-8,10-15,19,21H,6,9,16-18H2,1-2H3,(H,29,32)(H,30,33). The van der Waals surface area contributed by atoms with Gasteiger partial charge in [-0.25, -0.2) is 0 Å². The summed E-state index contributed by atoms with van der Waals surface area (Å²) >= 11 is 0. The van der Waals surface area contributed by atoms with Crippen LogP contribution in [0.1, 0.15) is 43.5 Å². The molecule has 1 saturated heterocycles. The maximum absolute atomic E-state index is 13.3. The number of likely N-dealkylation sites (tertiary alicyclic amines) is 1. The molecule has 1 atom stereocenters. The third kappa shape index (κ3) is 5.63. The van der Waals surface area contributed by atoms with Gasteiger partial charge in [0.2, 0.25) is 11.8 Å². The van der Waals surface area contributed by atoms with Crippen molar-refractivity contribution in [2.75, 3.05) is 23.7 Å². The number of piperidine rings is 1. The zero-order chi connectivity index (χ0) is 24.1. The predicted octanol–water partition coefficient (Wildman–Crippen LogP) is 5.32. The molecule has 1 aliphatic heterocycles. The SMILES string of the molecule is CC(C)CC(=O)Nc1ccc(NC(=O)C2CCCN(C(=O)c3cccc4ccccc34)C2)cc1. The number of carbonyl (C=O) groups is 3. The molecule has 2 N–H and O–H groups in total. The van der Waals surface area contributed by atoms with Crippen LogP contribution in [0.5, 0.6) is 0 Å². The summed E-state index contributed by atoms with van der Waals surface area (Å²) in [6.45, 7) is 5.05. The summed E-state index contributed by atoms with van der Waals surface area (Å²) in [6.07, 6.45) is 2.00. The van der Waals surface area contributed by atoms with Crippen molar-refractivity contribution in [2.24, 2.45) is 11.8 Å². The molecule has 1 heterocycles. The fourth-order valence-electron chi connectivity index (χ4n) is 4.42. The Hall–Kier alpha value is -3.67. The van der Waals surface area contributed by atoms with Crippen molar-refractivity contribution < 1.29 is 14.4 Å². The lowest BCUT2D eigenvalue weighted by Gasteiger charge is -2.32. The van der Waals surface area contributed by atoms with Gasteiger partial charge >= 0.3 is 0 Å². The summed E-state index contributed by atoms with van der Waals surface area (Å²) < 4.78 is 0. The second-order valence-corrected chi connectivity index (χ2v) is 9.33. The van der Waals surface area contributed by atoms with E-state index in [4.69, 9.17) is 0 Å². The number of benzene rings is 3. The minimum Gasteiger partial charge on any atom is -0.338 e. The number of rotatable bonds is 6. The number of fused-ring (bicyclic) bond motifs is 1. The fourth-order valence-corrected chi connectivity index (χ4v) is 4.42. The highest BCUT2D eigenvalue weighted by atomic mass is 16.2. The third-order valence-electron chi connectivity index (χ3n) is 6.13. The van der Waals surface area contributed by atoms with E-state index >= 15 is 0 Å². The number of nitrogens with one attached hydrogen (secondary N) is 2. The first kappa shape index (κ1) is 23.5. The van der Waals surface area contributed by atoms with Gasteiger partial charge in [-0.2, -0.15) is 0 Å². The predicted molar refractivity (Wildman–Crippen MR) is 136 cm³/mol. The summed E-state index contributed by atoms with van der Waals surface area (Å²) in [6, 6.07) is 20.8. The van der Waals surface area contributed by atoms with Crippen LogP contribution in [-0.2, 0) is 9.59 Å². The van der Waals surface area contributed by atoms with Gasteiger partial charge in [-0.3, -0.25) is 14.4 Å². The summed E-state index contributed by atoms with van der Waals surface area (Å²) in [4.78, 5) is 40.0. The van der Waals surface area contributed by atoms with Gasteiger partial charge in [-0.05, 0) is 59.9 Å². The summed E-state index contributed by atoms with van der Waals surface area (Å²) in [7, 11) is 0. The van der Waals surface area contributed by atoms with Crippen LogP contribution >= 0.6 is 0 Å². The van der Waals surface area contributed by atoms with Crippen molar-refractivity contribution in [1.82, 2.24) is 4.90 Å². The normalized spacial score (nSPS) is 15.9. The minimum atomic E-state index is -0.266. The molecular weight excluding hydrogens is 426 g/mol. The second kappa shape index (κ2) is 10.5. The molecule has 1 fully saturated rings. The molecule has 0 aromatic heterocycles. The molecule has 34 heavy (non-hydrogen) atoms. The Morgan fingerprint density at radius 1 is 0.912 bits per heavy atom. The Kier molecular flexibility index (Phi) is 7.26. The molecule has 0 spiro atoms. The summed E-state index contributed by atoms with van der Waals surface area (Å²) in [5.41, 5.74) is 2.05. The number of hydrogen-bond donors (Lipinski definition) is 2. The van der Waals surface area contributed by atoms with Crippen LogP contribution < -0.4 is 10.6 Å². The minimum absolute atomic E-state index is 0.0232. The van der Waals surface area contributed by atoms with E-state index in [1.807, 2.05) is 56.3 Å². The highest BCUT2D eigenvalue weighted by molar-refractivity contribution is 6.07. The molecule has 1 aliphatic rings. The molecular formula is C28H31N3O3. The van der Waals surface area contributed by atoms with Crippen LogP contribution in [0.4, 0.5) is 11.4 Å². The zero-order valence-electron chi connectivity index (χ0n) is 19.7. The molecule has 0 saturated carbocycles. The fraction of sp³-hybridized carbons (Fsp3) is 0.321. The van der Waals surface area contributed by atoms with Crippen molar-refractivity contribution in [3.8, 4) is 0 Å². The quantitative estimate of drug-likeness (QED) is 0.526. The number of carbonyl (C=O) groups excluding carboxylic acids is 3. The van der Waals surface area contributed by atoms with Gasteiger partial charge in [-0.1, -0.05) is 50.2 Å². The molecule has 0 radical (unpaired) electrons. The van der Waals surface area contributed by atoms with Gasteiger partial charge in [0.25, 0.3) is 5.91 Å².